The second-order valence-electron chi connectivity index (χ2n) is 5.37. The fraction of sp³-hybridized carbons (Fsp3) is 0.562. The second kappa shape index (κ2) is 8.64. The van der Waals surface area contributed by atoms with E-state index in [0.717, 1.165) is 11.3 Å². The third kappa shape index (κ3) is 5.73. The predicted molar refractivity (Wildman–Crippen MR) is 82.2 cm³/mol. The molecule has 1 fully saturated rings. The first kappa shape index (κ1) is 15.8. The molecule has 1 aliphatic carbocycles. The van der Waals surface area contributed by atoms with Gasteiger partial charge >= 0.3 is 6.03 Å². The van der Waals surface area contributed by atoms with Crippen molar-refractivity contribution in [3.63, 3.8) is 0 Å². The Morgan fingerprint density at radius 1 is 1.24 bits per heavy atom. The van der Waals surface area contributed by atoms with E-state index >= 15 is 0 Å². The Hall–Kier alpha value is -1.59. The van der Waals surface area contributed by atoms with Gasteiger partial charge in [0.2, 0.25) is 0 Å². The van der Waals surface area contributed by atoms with Gasteiger partial charge in [0.1, 0.15) is 0 Å². The van der Waals surface area contributed by atoms with E-state index in [9.17, 15) is 4.79 Å². The lowest BCUT2D eigenvalue weighted by molar-refractivity contribution is 0.0457. The summed E-state index contributed by atoms with van der Waals surface area (Å²) < 4.78 is 5.85. The fourth-order valence-electron chi connectivity index (χ4n) is 2.41. The number of carbonyl (C=O) groups excluding carboxylic acids is 1. The molecular weight excluding hydrogens is 268 g/mol. The Bertz CT molecular complexity index is 428. The van der Waals surface area contributed by atoms with Crippen LogP contribution in [-0.2, 0) is 11.3 Å². The van der Waals surface area contributed by atoms with E-state index in [1.807, 2.05) is 24.3 Å². The highest BCUT2D eigenvalue weighted by Crippen LogP contribution is 2.22. The molecule has 0 heterocycles. The molecule has 0 radical (unpaired) electrons. The van der Waals surface area contributed by atoms with Gasteiger partial charge in [-0.2, -0.15) is 0 Å². The maximum atomic E-state index is 11.5. The lowest BCUT2D eigenvalue weighted by Crippen LogP contribution is -2.29. The van der Waals surface area contributed by atoms with Gasteiger partial charge in [-0.25, -0.2) is 4.79 Å². The van der Waals surface area contributed by atoms with Crippen molar-refractivity contribution >= 4 is 11.7 Å². The minimum atomic E-state index is -0.251. The molecule has 5 heteroatoms. The Balaban J connectivity index is 1.71. The number of amides is 2. The summed E-state index contributed by atoms with van der Waals surface area (Å²) >= 11 is 0. The molecule has 116 valence electrons. The van der Waals surface area contributed by atoms with Crippen LogP contribution in [0.2, 0.25) is 0 Å². The lowest BCUT2D eigenvalue weighted by Gasteiger charge is -2.11. The van der Waals surface area contributed by atoms with Crippen LogP contribution in [-0.4, -0.2) is 30.4 Å². The lowest BCUT2D eigenvalue weighted by atomic mass is 10.2. The Morgan fingerprint density at radius 3 is 2.62 bits per heavy atom. The number of anilines is 1. The van der Waals surface area contributed by atoms with Gasteiger partial charge in [-0.05, 0) is 37.0 Å². The van der Waals surface area contributed by atoms with Crippen molar-refractivity contribution < 1.29 is 14.6 Å². The highest BCUT2D eigenvalue weighted by atomic mass is 16.5. The molecule has 0 aromatic heterocycles. The van der Waals surface area contributed by atoms with Gasteiger partial charge in [-0.15, -0.1) is 0 Å². The highest BCUT2D eigenvalue weighted by Gasteiger charge is 2.15. The molecular formula is C16H24N2O3. The second-order valence-corrected chi connectivity index (χ2v) is 5.37. The first-order valence-electron chi connectivity index (χ1n) is 7.64. The van der Waals surface area contributed by atoms with E-state index in [0.29, 0.717) is 25.7 Å². The summed E-state index contributed by atoms with van der Waals surface area (Å²) in [6.45, 7) is 1.18. The van der Waals surface area contributed by atoms with Crippen molar-refractivity contribution in [2.45, 2.75) is 44.8 Å². The summed E-state index contributed by atoms with van der Waals surface area (Å²) in [7, 11) is 0. The van der Waals surface area contributed by atoms with E-state index in [4.69, 9.17) is 9.84 Å². The van der Waals surface area contributed by atoms with Gasteiger partial charge in [-0.3, -0.25) is 0 Å². The van der Waals surface area contributed by atoms with Gasteiger partial charge in [-0.1, -0.05) is 25.0 Å². The molecule has 1 aromatic rings. The molecule has 0 unspecified atom stereocenters. The van der Waals surface area contributed by atoms with Crippen molar-refractivity contribution in [3.05, 3.63) is 29.8 Å². The van der Waals surface area contributed by atoms with E-state index in [-0.39, 0.29) is 12.6 Å². The minimum Gasteiger partial charge on any atom is -0.396 e. The van der Waals surface area contributed by atoms with Gasteiger partial charge in [0.25, 0.3) is 0 Å². The van der Waals surface area contributed by atoms with Gasteiger partial charge in [0, 0.05) is 18.8 Å². The van der Waals surface area contributed by atoms with Crippen molar-refractivity contribution in [3.8, 4) is 0 Å². The molecule has 21 heavy (non-hydrogen) atoms. The van der Waals surface area contributed by atoms with Crippen LogP contribution in [0.25, 0.3) is 0 Å². The Morgan fingerprint density at radius 2 is 1.95 bits per heavy atom. The quantitative estimate of drug-likeness (QED) is 0.677. The summed E-state index contributed by atoms with van der Waals surface area (Å²) in [5.74, 6) is 0. The van der Waals surface area contributed by atoms with Gasteiger partial charge in [0.15, 0.2) is 0 Å². The zero-order chi connectivity index (χ0) is 14.9. The third-order valence-corrected chi connectivity index (χ3v) is 3.62. The molecule has 1 saturated carbocycles. The van der Waals surface area contributed by atoms with Crippen LogP contribution in [0.1, 0.15) is 37.7 Å². The number of hydrogen-bond donors (Lipinski definition) is 3. The highest BCUT2D eigenvalue weighted by molar-refractivity contribution is 5.89. The van der Waals surface area contributed by atoms with Crippen LogP contribution >= 0.6 is 0 Å². The van der Waals surface area contributed by atoms with Crippen molar-refractivity contribution in [1.29, 1.82) is 0 Å². The minimum absolute atomic E-state index is 0.0793. The topological polar surface area (TPSA) is 70.6 Å². The average molecular weight is 292 g/mol. The average Bonchev–Trinajstić information content (AvgIpc) is 3.00. The van der Waals surface area contributed by atoms with Crippen LogP contribution in [0.3, 0.4) is 0 Å². The number of ether oxygens (including phenoxy) is 1. The molecule has 2 rings (SSSR count). The molecule has 0 atom stereocenters. The molecule has 0 aliphatic heterocycles. The molecule has 2 amide bonds. The number of hydrogen-bond acceptors (Lipinski definition) is 3. The van der Waals surface area contributed by atoms with Crippen LogP contribution in [0, 0.1) is 0 Å². The van der Waals surface area contributed by atoms with Crippen LogP contribution < -0.4 is 10.6 Å². The summed E-state index contributed by atoms with van der Waals surface area (Å²) in [5, 5.41) is 14.1. The number of rotatable bonds is 7. The van der Waals surface area contributed by atoms with Crippen molar-refractivity contribution in [2.24, 2.45) is 0 Å². The number of nitrogens with one attached hydrogen (secondary N) is 2. The Labute approximate surface area is 125 Å². The molecule has 0 spiro atoms. The van der Waals surface area contributed by atoms with Crippen LogP contribution in [0.4, 0.5) is 10.5 Å². The summed E-state index contributed by atoms with van der Waals surface area (Å²) in [6.07, 6.45) is 5.88. The number of carbonyl (C=O) groups is 1. The number of aliphatic hydroxyl groups is 1. The summed E-state index contributed by atoms with van der Waals surface area (Å²) in [5.41, 5.74) is 1.87. The first-order valence-corrected chi connectivity index (χ1v) is 7.64. The smallest absolute Gasteiger partial charge is 0.319 e. The zero-order valence-corrected chi connectivity index (χ0v) is 12.3. The normalized spacial score (nSPS) is 15.1. The van der Waals surface area contributed by atoms with Gasteiger partial charge in [0.05, 0.1) is 12.7 Å². The summed E-state index contributed by atoms with van der Waals surface area (Å²) in [6, 6.07) is 7.44. The molecule has 1 aliphatic rings. The number of aliphatic hydroxyl groups excluding tert-OH is 1. The molecule has 0 saturated heterocycles. The monoisotopic (exact) mass is 292 g/mol. The van der Waals surface area contributed by atoms with E-state index in [1.54, 1.807) is 0 Å². The summed E-state index contributed by atoms with van der Waals surface area (Å²) in [4.78, 5) is 11.5. The SMILES string of the molecule is O=C(NCCCO)Nc1ccc(COC2CCCC2)cc1. The Kier molecular flexibility index (Phi) is 6.50. The predicted octanol–water partition coefficient (Wildman–Crippen LogP) is 2.65. The molecule has 1 aromatic carbocycles. The molecule has 0 bridgehead atoms. The third-order valence-electron chi connectivity index (χ3n) is 3.62. The van der Waals surface area contributed by atoms with Gasteiger partial charge < -0.3 is 20.5 Å². The molecule has 3 N–H and O–H groups in total. The van der Waals surface area contributed by atoms with E-state index in [2.05, 4.69) is 10.6 Å². The number of benzene rings is 1. The first-order chi connectivity index (χ1) is 10.3. The maximum Gasteiger partial charge on any atom is 0.319 e. The van der Waals surface area contributed by atoms with Crippen LogP contribution in [0.15, 0.2) is 24.3 Å². The molecule has 5 nitrogen and oxygen atoms in total. The number of urea groups is 1. The van der Waals surface area contributed by atoms with Crippen molar-refractivity contribution in [2.75, 3.05) is 18.5 Å². The fourth-order valence-corrected chi connectivity index (χ4v) is 2.41. The van der Waals surface area contributed by atoms with Crippen LogP contribution in [0.5, 0.6) is 0 Å². The maximum absolute atomic E-state index is 11.5. The largest absolute Gasteiger partial charge is 0.396 e. The van der Waals surface area contributed by atoms with Crippen molar-refractivity contribution in [1.82, 2.24) is 5.32 Å². The van der Waals surface area contributed by atoms with E-state index in [1.165, 1.54) is 25.7 Å². The zero-order valence-electron chi connectivity index (χ0n) is 12.3. The van der Waals surface area contributed by atoms with E-state index < -0.39 is 0 Å². The standard InChI is InChI=1S/C16H24N2O3/c19-11-3-10-17-16(20)18-14-8-6-13(7-9-14)12-21-15-4-1-2-5-15/h6-9,15,19H,1-5,10-12H2,(H2,17,18,20).